The Bertz CT molecular complexity index is 477. The molecule has 0 fully saturated rings. The molecule has 1 amide bonds. The molecule has 0 bridgehead atoms. The van der Waals surface area contributed by atoms with Gasteiger partial charge in [-0.1, -0.05) is 0 Å². The first-order valence-corrected chi connectivity index (χ1v) is 5.79. The van der Waals surface area contributed by atoms with E-state index in [9.17, 15) is 31.1 Å². The summed E-state index contributed by atoms with van der Waals surface area (Å²) in [6, 6.07) is 1.17. The first-order chi connectivity index (χ1) is 9.54. The number of nitrogens with two attached hydrogens (primary N) is 1. The molecule has 0 atom stereocenters. The van der Waals surface area contributed by atoms with Crippen LogP contribution in [0.3, 0.4) is 0 Å². The number of hydrogen-bond acceptors (Lipinski definition) is 2. The van der Waals surface area contributed by atoms with E-state index in [0.717, 1.165) is 0 Å². The molecule has 0 unspecified atom stereocenters. The molecule has 21 heavy (non-hydrogen) atoms. The molecule has 3 nitrogen and oxygen atoms in total. The van der Waals surface area contributed by atoms with Crippen LogP contribution >= 0.6 is 0 Å². The Kier molecular flexibility index (Phi) is 5.21. The molecule has 1 aromatic rings. The molecular formula is C12H12F6N2O. The molecule has 0 saturated heterocycles. The number of rotatable bonds is 4. The van der Waals surface area contributed by atoms with E-state index >= 15 is 0 Å². The van der Waals surface area contributed by atoms with Crippen LogP contribution in [0.5, 0.6) is 0 Å². The lowest BCUT2D eigenvalue weighted by molar-refractivity contribution is -0.143. The number of halogens is 6. The van der Waals surface area contributed by atoms with Crippen molar-refractivity contribution >= 4 is 5.91 Å². The summed E-state index contributed by atoms with van der Waals surface area (Å²) in [5, 5.41) is 2.20. The second-order valence-corrected chi connectivity index (χ2v) is 4.23. The Hall–Kier alpha value is -1.77. The molecule has 0 radical (unpaired) electrons. The largest absolute Gasteiger partial charge is 0.416 e. The number of carbonyl (C=O) groups is 1. The second-order valence-electron chi connectivity index (χ2n) is 4.23. The summed E-state index contributed by atoms with van der Waals surface area (Å²) in [5.41, 5.74) is 1.98. The SMILES string of the molecule is NCCC(=O)NCc1cc(C(F)(F)F)cc(C(F)(F)F)c1. The van der Waals surface area contributed by atoms with E-state index in [1.807, 2.05) is 0 Å². The van der Waals surface area contributed by atoms with Crippen molar-refractivity contribution in [1.82, 2.24) is 5.32 Å². The van der Waals surface area contributed by atoms with Gasteiger partial charge in [0.1, 0.15) is 0 Å². The predicted octanol–water partition coefficient (Wildman–Crippen LogP) is 2.69. The van der Waals surface area contributed by atoms with Crippen molar-refractivity contribution in [2.24, 2.45) is 5.73 Å². The fourth-order valence-electron chi connectivity index (χ4n) is 1.54. The summed E-state index contributed by atoms with van der Waals surface area (Å²) >= 11 is 0. The number of benzene rings is 1. The van der Waals surface area contributed by atoms with Crippen LogP contribution in [-0.2, 0) is 23.7 Å². The average molecular weight is 314 g/mol. The Labute approximate surface area is 116 Å². The van der Waals surface area contributed by atoms with E-state index in [4.69, 9.17) is 5.73 Å². The zero-order valence-electron chi connectivity index (χ0n) is 10.6. The maximum Gasteiger partial charge on any atom is 0.416 e. The van der Waals surface area contributed by atoms with Crippen molar-refractivity contribution in [1.29, 1.82) is 0 Å². The molecule has 9 heteroatoms. The highest BCUT2D eigenvalue weighted by molar-refractivity contribution is 5.76. The molecule has 0 heterocycles. The van der Waals surface area contributed by atoms with E-state index < -0.39 is 35.9 Å². The minimum Gasteiger partial charge on any atom is -0.352 e. The summed E-state index contributed by atoms with van der Waals surface area (Å²) in [6.45, 7) is -0.409. The second kappa shape index (κ2) is 6.33. The Morgan fingerprint density at radius 1 is 1.00 bits per heavy atom. The average Bonchev–Trinajstić information content (AvgIpc) is 2.34. The highest BCUT2D eigenvalue weighted by Gasteiger charge is 2.36. The topological polar surface area (TPSA) is 55.1 Å². The molecule has 0 aromatic heterocycles. The van der Waals surface area contributed by atoms with Gasteiger partial charge in [-0.2, -0.15) is 26.3 Å². The van der Waals surface area contributed by atoms with Crippen molar-refractivity contribution in [2.75, 3.05) is 6.54 Å². The van der Waals surface area contributed by atoms with Crippen LogP contribution in [0.15, 0.2) is 18.2 Å². The molecule has 1 rings (SSSR count). The third kappa shape index (κ3) is 5.25. The first kappa shape index (κ1) is 17.3. The van der Waals surface area contributed by atoms with Gasteiger partial charge in [-0.05, 0) is 23.8 Å². The van der Waals surface area contributed by atoms with Gasteiger partial charge >= 0.3 is 12.4 Å². The summed E-state index contributed by atoms with van der Waals surface area (Å²) < 4.78 is 75.5. The van der Waals surface area contributed by atoms with Gasteiger partial charge in [0, 0.05) is 19.5 Å². The number of alkyl halides is 6. The number of carbonyl (C=O) groups excluding carboxylic acids is 1. The fraction of sp³-hybridized carbons (Fsp3) is 0.417. The van der Waals surface area contributed by atoms with Crippen LogP contribution in [0, 0.1) is 0 Å². The maximum absolute atomic E-state index is 12.6. The quantitative estimate of drug-likeness (QED) is 0.840. The van der Waals surface area contributed by atoms with Crippen molar-refractivity contribution in [2.45, 2.75) is 25.3 Å². The lowest BCUT2D eigenvalue weighted by atomic mass is 10.0. The minimum absolute atomic E-state index is 0.0300. The third-order valence-corrected chi connectivity index (χ3v) is 2.51. The minimum atomic E-state index is -4.91. The van der Waals surface area contributed by atoms with Crippen molar-refractivity contribution in [3.05, 3.63) is 34.9 Å². The van der Waals surface area contributed by atoms with Crippen LogP contribution in [0.2, 0.25) is 0 Å². The van der Waals surface area contributed by atoms with Crippen LogP contribution < -0.4 is 11.1 Å². The molecule has 3 N–H and O–H groups in total. The smallest absolute Gasteiger partial charge is 0.352 e. The van der Waals surface area contributed by atoms with Gasteiger partial charge in [0.2, 0.25) is 5.91 Å². The predicted molar refractivity (Wildman–Crippen MR) is 62.0 cm³/mol. The number of nitrogens with one attached hydrogen (secondary N) is 1. The Balaban J connectivity index is 3.06. The van der Waals surface area contributed by atoms with Crippen LogP contribution in [-0.4, -0.2) is 12.5 Å². The lowest BCUT2D eigenvalue weighted by Gasteiger charge is -2.14. The van der Waals surface area contributed by atoms with Crippen LogP contribution in [0.4, 0.5) is 26.3 Å². The third-order valence-electron chi connectivity index (χ3n) is 2.51. The molecule has 118 valence electrons. The first-order valence-electron chi connectivity index (χ1n) is 5.79. The molecule has 0 aliphatic rings. The molecule has 0 aliphatic carbocycles. The molecular weight excluding hydrogens is 302 g/mol. The monoisotopic (exact) mass is 314 g/mol. The van der Waals surface area contributed by atoms with Crippen molar-refractivity contribution < 1.29 is 31.1 Å². The standard InChI is InChI=1S/C12H12F6N2O/c13-11(14,15)8-3-7(6-20-10(21)1-2-19)4-9(5-8)12(16,17)18/h3-5H,1-2,6,19H2,(H,20,21). The highest BCUT2D eigenvalue weighted by atomic mass is 19.4. The van der Waals surface area contributed by atoms with E-state index in [1.54, 1.807) is 0 Å². The Morgan fingerprint density at radius 2 is 1.48 bits per heavy atom. The van der Waals surface area contributed by atoms with Gasteiger partial charge in [-0.3, -0.25) is 4.79 Å². The van der Waals surface area contributed by atoms with Crippen LogP contribution in [0.1, 0.15) is 23.1 Å². The summed E-state index contributed by atoms with van der Waals surface area (Å²) in [6.07, 6.45) is -9.88. The van der Waals surface area contributed by atoms with Crippen molar-refractivity contribution in [3.8, 4) is 0 Å². The Morgan fingerprint density at radius 3 is 1.86 bits per heavy atom. The lowest BCUT2D eigenvalue weighted by Crippen LogP contribution is -2.25. The fourth-order valence-corrected chi connectivity index (χ4v) is 1.54. The van der Waals surface area contributed by atoms with Crippen molar-refractivity contribution in [3.63, 3.8) is 0 Å². The van der Waals surface area contributed by atoms with Gasteiger partial charge in [0.05, 0.1) is 11.1 Å². The highest BCUT2D eigenvalue weighted by Crippen LogP contribution is 2.36. The molecule has 1 aromatic carbocycles. The summed E-state index contributed by atoms with van der Waals surface area (Å²) in [5.74, 6) is -0.552. The summed E-state index contributed by atoms with van der Waals surface area (Å²) in [7, 11) is 0. The molecule has 0 spiro atoms. The van der Waals surface area contributed by atoms with Gasteiger partial charge in [-0.25, -0.2) is 0 Å². The van der Waals surface area contributed by atoms with E-state index in [2.05, 4.69) is 5.32 Å². The van der Waals surface area contributed by atoms with Crippen LogP contribution in [0.25, 0.3) is 0 Å². The van der Waals surface area contributed by atoms with Gasteiger partial charge in [0.25, 0.3) is 0 Å². The normalized spacial score (nSPS) is 12.3. The van der Waals surface area contributed by atoms with E-state index in [0.29, 0.717) is 12.1 Å². The molecule has 0 saturated carbocycles. The zero-order valence-corrected chi connectivity index (χ0v) is 10.6. The van der Waals surface area contributed by atoms with E-state index in [1.165, 1.54) is 0 Å². The van der Waals surface area contributed by atoms with Gasteiger partial charge in [0.15, 0.2) is 0 Å². The van der Waals surface area contributed by atoms with Gasteiger partial charge in [-0.15, -0.1) is 0 Å². The summed E-state index contributed by atoms with van der Waals surface area (Å²) in [4.78, 5) is 11.1. The number of hydrogen-bond donors (Lipinski definition) is 2. The maximum atomic E-state index is 12.6. The van der Waals surface area contributed by atoms with E-state index in [-0.39, 0.29) is 24.6 Å². The zero-order chi connectivity index (χ0) is 16.3. The molecule has 0 aliphatic heterocycles. The van der Waals surface area contributed by atoms with Gasteiger partial charge < -0.3 is 11.1 Å². The number of amides is 1.